The average Bonchev–Trinajstić information content (AvgIpc) is 2.84. The summed E-state index contributed by atoms with van der Waals surface area (Å²) >= 11 is 3.56. The van der Waals surface area contributed by atoms with Crippen molar-refractivity contribution in [3.63, 3.8) is 0 Å². The first-order valence-electron chi connectivity index (χ1n) is 9.48. The average molecular weight is 439 g/mol. The van der Waals surface area contributed by atoms with Crippen molar-refractivity contribution in [1.29, 1.82) is 0 Å². The van der Waals surface area contributed by atoms with Crippen LogP contribution in [0.3, 0.4) is 0 Å². The molecule has 0 N–H and O–H groups in total. The van der Waals surface area contributed by atoms with Crippen LogP contribution in [0.2, 0.25) is 0 Å². The summed E-state index contributed by atoms with van der Waals surface area (Å²) < 4.78 is 25.5. The highest BCUT2D eigenvalue weighted by atomic mass is 79.9. The highest BCUT2D eigenvalue weighted by molar-refractivity contribution is 9.10. The van der Waals surface area contributed by atoms with Gasteiger partial charge < -0.3 is 9.47 Å². The summed E-state index contributed by atoms with van der Waals surface area (Å²) in [5, 5.41) is 0. The zero-order chi connectivity index (χ0) is 19.5. The molecule has 2 saturated carbocycles. The number of hydrogen-bond acceptors (Lipinski definition) is 4. The highest BCUT2D eigenvalue weighted by Crippen LogP contribution is 2.61. The molecule has 3 aliphatic carbocycles. The SMILES string of the molecule is CO[C@H]1C[C@]2(C)C(=O)[C@H](Br)C[C@H]2[C@@H]2CCc3cc(OC(C)=O)c(F)cc3[C@H]21. The van der Waals surface area contributed by atoms with Crippen LogP contribution < -0.4 is 4.74 Å². The summed E-state index contributed by atoms with van der Waals surface area (Å²) in [7, 11) is 1.67. The highest BCUT2D eigenvalue weighted by Gasteiger charge is 2.60. The largest absolute Gasteiger partial charge is 0.424 e. The first-order valence-corrected chi connectivity index (χ1v) is 10.4. The van der Waals surface area contributed by atoms with Crippen LogP contribution in [0.1, 0.15) is 50.2 Å². The van der Waals surface area contributed by atoms with E-state index in [1.165, 1.54) is 13.0 Å². The minimum absolute atomic E-state index is 0.00844. The second-order valence-corrected chi connectivity index (χ2v) is 9.48. The van der Waals surface area contributed by atoms with Crippen LogP contribution in [0, 0.1) is 23.1 Å². The number of ketones is 1. The predicted molar refractivity (Wildman–Crippen MR) is 102 cm³/mol. The second-order valence-electron chi connectivity index (χ2n) is 8.37. The van der Waals surface area contributed by atoms with E-state index in [4.69, 9.17) is 9.47 Å². The summed E-state index contributed by atoms with van der Waals surface area (Å²) in [5.74, 6) is -0.168. The van der Waals surface area contributed by atoms with Crippen molar-refractivity contribution in [2.45, 2.75) is 56.4 Å². The van der Waals surface area contributed by atoms with Gasteiger partial charge in [-0.3, -0.25) is 9.59 Å². The molecule has 2 fully saturated rings. The van der Waals surface area contributed by atoms with Gasteiger partial charge in [-0.25, -0.2) is 4.39 Å². The van der Waals surface area contributed by atoms with Crippen LogP contribution in [0.15, 0.2) is 12.1 Å². The molecule has 0 unspecified atom stereocenters. The second kappa shape index (κ2) is 6.66. The number of esters is 1. The molecule has 4 rings (SSSR count). The van der Waals surface area contributed by atoms with Crippen molar-refractivity contribution < 1.29 is 23.5 Å². The summed E-state index contributed by atoms with van der Waals surface area (Å²) in [4.78, 5) is 24.0. The monoisotopic (exact) mass is 438 g/mol. The van der Waals surface area contributed by atoms with E-state index < -0.39 is 11.8 Å². The quantitative estimate of drug-likeness (QED) is 0.394. The number of Topliss-reactive ketones (excluding diaryl/α,β-unsaturated/α-hetero) is 1. The van der Waals surface area contributed by atoms with E-state index >= 15 is 0 Å². The number of carbonyl (C=O) groups excluding carboxylic acids is 2. The summed E-state index contributed by atoms with van der Waals surface area (Å²) in [5.41, 5.74) is 1.57. The molecule has 1 aromatic rings. The molecular formula is C21H24BrFO4. The van der Waals surface area contributed by atoms with Crippen molar-refractivity contribution in [1.82, 2.24) is 0 Å². The number of fused-ring (bicyclic) bond motifs is 5. The molecule has 3 aliphatic rings. The summed E-state index contributed by atoms with van der Waals surface area (Å²) in [6, 6.07) is 3.18. The minimum atomic E-state index is -0.529. The maximum absolute atomic E-state index is 14.6. The Balaban J connectivity index is 1.76. The van der Waals surface area contributed by atoms with E-state index in [2.05, 4.69) is 22.9 Å². The van der Waals surface area contributed by atoms with Gasteiger partial charge in [0.2, 0.25) is 0 Å². The van der Waals surface area contributed by atoms with Gasteiger partial charge in [-0.2, -0.15) is 0 Å². The smallest absolute Gasteiger partial charge is 0.308 e. The molecule has 0 radical (unpaired) electrons. The van der Waals surface area contributed by atoms with E-state index in [1.54, 1.807) is 13.2 Å². The van der Waals surface area contributed by atoms with E-state index in [1.807, 2.05) is 0 Å². The number of alkyl halides is 1. The molecule has 27 heavy (non-hydrogen) atoms. The van der Waals surface area contributed by atoms with E-state index in [-0.39, 0.29) is 45.6 Å². The van der Waals surface area contributed by atoms with Crippen LogP contribution in [0.25, 0.3) is 0 Å². The van der Waals surface area contributed by atoms with Gasteiger partial charge in [-0.15, -0.1) is 0 Å². The van der Waals surface area contributed by atoms with Crippen LogP contribution in [0.5, 0.6) is 5.75 Å². The van der Waals surface area contributed by atoms with Crippen molar-refractivity contribution in [2.75, 3.05) is 7.11 Å². The lowest BCUT2D eigenvalue weighted by Gasteiger charge is -2.51. The molecule has 0 amide bonds. The topological polar surface area (TPSA) is 52.6 Å². The Morgan fingerprint density at radius 3 is 2.78 bits per heavy atom. The zero-order valence-corrected chi connectivity index (χ0v) is 17.3. The Kier molecular flexibility index (Phi) is 4.70. The minimum Gasteiger partial charge on any atom is -0.424 e. The third-order valence-corrected chi connectivity index (χ3v) is 7.78. The molecule has 0 heterocycles. The van der Waals surface area contributed by atoms with Crippen molar-refractivity contribution in [3.8, 4) is 5.75 Å². The lowest BCUT2D eigenvalue weighted by atomic mass is 9.54. The van der Waals surface area contributed by atoms with Crippen molar-refractivity contribution >= 4 is 27.7 Å². The van der Waals surface area contributed by atoms with Gasteiger partial charge in [0.05, 0.1) is 10.9 Å². The first kappa shape index (κ1) is 19.1. The third kappa shape index (κ3) is 2.87. The van der Waals surface area contributed by atoms with Crippen LogP contribution in [-0.4, -0.2) is 29.8 Å². The maximum Gasteiger partial charge on any atom is 0.308 e. The molecule has 6 atom stereocenters. The Bertz CT molecular complexity index is 810. The normalized spacial score (nSPS) is 37.4. The van der Waals surface area contributed by atoms with Crippen LogP contribution in [-0.2, 0) is 20.7 Å². The Labute approximate surface area is 166 Å². The Hall–Kier alpha value is -1.27. The van der Waals surface area contributed by atoms with Gasteiger partial charge in [-0.1, -0.05) is 22.9 Å². The fourth-order valence-electron chi connectivity index (χ4n) is 5.84. The number of rotatable bonds is 2. The number of benzene rings is 1. The van der Waals surface area contributed by atoms with Gasteiger partial charge in [-0.05, 0) is 60.8 Å². The molecule has 0 saturated heterocycles. The van der Waals surface area contributed by atoms with Crippen molar-refractivity contribution in [2.24, 2.45) is 17.3 Å². The van der Waals surface area contributed by atoms with Gasteiger partial charge in [0.15, 0.2) is 17.3 Å². The number of hydrogen-bond donors (Lipinski definition) is 0. The van der Waals surface area contributed by atoms with E-state index in [0.29, 0.717) is 6.42 Å². The summed E-state index contributed by atoms with van der Waals surface area (Å²) in [6.07, 6.45) is 3.07. The number of carbonyl (C=O) groups is 2. The third-order valence-electron chi connectivity index (χ3n) is 6.99. The van der Waals surface area contributed by atoms with Gasteiger partial charge >= 0.3 is 5.97 Å². The summed E-state index contributed by atoms with van der Waals surface area (Å²) in [6.45, 7) is 3.34. The molecule has 0 bridgehead atoms. The number of ether oxygens (including phenoxy) is 2. The molecular weight excluding hydrogens is 415 g/mol. The Morgan fingerprint density at radius 2 is 2.11 bits per heavy atom. The van der Waals surface area contributed by atoms with Gasteiger partial charge in [0, 0.05) is 25.4 Å². The number of aryl methyl sites for hydroxylation is 1. The molecule has 0 aliphatic heterocycles. The van der Waals surface area contributed by atoms with Gasteiger partial charge in [0.1, 0.15) is 0 Å². The number of methoxy groups -OCH3 is 1. The molecule has 0 aromatic heterocycles. The lowest BCUT2D eigenvalue weighted by Crippen LogP contribution is -2.49. The Morgan fingerprint density at radius 1 is 1.37 bits per heavy atom. The zero-order valence-electron chi connectivity index (χ0n) is 15.8. The molecule has 1 aromatic carbocycles. The van der Waals surface area contributed by atoms with Crippen molar-refractivity contribution in [3.05, 3.63) is 29.1 Å². The fourth-order valence-corrected chi connectivity index (χ4v) is 6.76. The fraction of sp³-hybridized carbons (Fsp3) is 0.619. The van der Waals surface area contributed by atoms with Crippen LogP contribution in [0.4, 0.5) is 4.39 Å². The molecule has 146 valence electrons. The van der Waals surface area contributed by atoms with E-state index in [9.17, 15) is 14.0 Å². The van der Waals surface area contributed by atoms with Crippen LogP contribution >= 0.6 is 15.9 Å². The lowest BCUT2D eigenvalue weighted by molar-refractivity contribution is -0.134. The molecule has 6 heteroatoms. The van der Waals surface area contributed by atoms with Gasteiger partial charge in [0.25, 0.3) is 0 Å². The van der Waals surface area contributed by atoms with E-state index in [0.717, 1.165) is 30.4 Å². The predicted octanol–water partition coefficient (Wildman–Crippen LogP) is 4.17. The molecule has 0 spiro atoms. The molecule has 4 nitrogen and oxygen atoms in total. The number of halogens is 2. The maximum atomic E-state index is 14.6. The first-order chi connectivity index (χ1) is 12.8. The standard InChI is InChI=1S/C21H24BrFO4/c1-10(24)27-17-6-11-4-5-12-14-8-15(22)20(25)21(14,2)9-18(26-3)19(12)13(11)7-16(17)23/h6-7,12,14-15,18-19H,4-5,8-9H2,1-3H3/t12-,14-,15+,18-,19-,21-/m0/s1.